The Morgan fingerprint density at radius 1 is 1.42 bits per heavy atom. The first-order valence-corrected chi connectivity index (χ1v) is 6.02. The van der Waals surface area contributed by atoms with Crippen LogP contribution in [-0.4, -0.2) is 24.5 Å². The molecule has 1 N–H and O–H groups in total. The van der Waals surface area contributed by atoms with Gasteiger partial charge in [0.2, 0.25) is 6.79 Å². The molecule has 0 atom stereocenters. The Labute approximate surface area is 111 Å². The quantitative estimate of drug-likeness (QED) is 0.827. The van der Waals surface area contributed by atoms with Crippen molar-refractivity contribution in [1.82, 2.24) is 0 Å². The van der Waals surface area contributed by atoms with E-state index in [2.05, 4.69) is 0 Å². The van der Waals surface area contributed by atoms with Gasteiger partial charge in [-0.1, -0.05) is 13.8 Å². The highest BCUT2D eigenvalue weighted by Gasteiger charge is 2.14. The molecule has 0 saturated heterocycles. The van der Waals surface area contributed by atoms with Gasteiger partial charge >= 0.3 is 5.97 Å². The van der Waals surface area contributed by atoms with Crippen molar-refractivity contribution in [2.75, 3.05) is 13.4 Å². The number of carboxylic acid groups (broad SMARTS) is 1. The Morgan fingerprint density at radius 2 is 2.16 bits per heavy atom. The first kappa shape index (κ1) is 13.3. The second kappa shape index (κ2) is 5.65. The summed E-state index contributed by atoms with van der Waals surface area (Å²) in [5, 5.41) is 8.79. The zero-order valence-electron chi connectivity index (χ0n) is 10.9. The van der Waals surface area contributed by atoms with E-state index in [0.29, 0.717) is 17.2 Å². The number of benzene rings is 1. The molecule has 1 aliphatic heterocycles. The number of hydrogen-bond donors (Lipinski definition) is 1. The minimum atomic E-state index is -0.960. The third-order valence-electron chi connectivity index (χ3n) is 2.80. The molecule has 1 aromatic rings. The molecule has 0 bridgehead atoms. The summed E-state index contributed by atoms with van der Waals surface area (Å²) in [7, 11) is 0. The molecule has 5 nitrogen and oxygen atoms in total. The summed E-state index contributed by atoms with van der Waals surface area (Å²) in [5.74, 6) is 1.12. The smallest absolute Gasteiger partial charge is 0.328 e. The molecule has 1 aliphatic rings. The van der Waals surface area contributed by atoms with E-state index >= 15 is 0 Å². The molecular formula is C14H16O5. The number of fused-ring (bicyclic) bond motifs is 1. The Hall–Kier alpha value is -2.17. The maximum Gasteiger partial charge on any atom is 0.328 e. The van der Waals surface area contributed by atoms with Crippen LogP contribution in [0.5, 0.6) is 17.2 Å². The van der Waals surface area contributed by atoms with Crippen molar-refractivity contribution in [3.8, 4) is 17.2 Å². The Morgan fingerprint density at radius 3 is 2.84 bits per heavy atom. The van der Waals surface area contributed by atoms with Crippen LogP contribution < -0.4 is 14.2 Å². The Bertz CT molecular complexity index is 505. The van der Waals surface area contributed by atoms with Gasteiger partial charge in [-0.2, -0.15) is 0 Å². The molecule has 0 aliphatic carbocycles. The number of hydrogen-bond acceptors (Lipinski definition) is 4. The van der Waals surface area contributed by atoms with Gasteiger partial charge in [-0.3, -0.25) is 0 Å². The van der Waals surface area contributed by atoms with E-state index in [1.807, 2.05) is 13.8 Å². The molecule has 5 heteroatoms. The van der Waals surface area contributed by atoms with Crippen LogP contribution >= 0.6 is 0 Å². The largest absolute Gasteiger partial charge is 0.489 e. The third kappa shape index (κ3) is 3.40. The molecule has 0 saturated carbocycles. The van der Waals surface area contributed by atoms with Crippen LogP contribution in [0.1, 0.15) is 13.8 Å². The van der Waals surface area contributed by atoms with E-state index in [9.17, 15) is 4.79 Å². The van der Waals surface area contributed by atoms with Crippen LogP contribution in [-0.2, 0) is 4.79 Å². The van der Waals surface area contributed by atoms with Gasteiger partial charge in [-0.25, -0.2) is 4.79 Å². The van der Waals surface area contributed by atoms with Crippen LogP contribution in [0.4, 0.5) is 0 Å². The lowest BCUT2D eigenvalue weighted by molar-refractivity contribution is -0.131. The topological polar surface area (TPSA) is 65.0 Å². The molecule has 102 valence electrons. The second-order valence-corrected chi connectivity index (χ2v) is 4.52. The summed E-state index contributed by atoms with van der Waals surface area (Å²) in [6, 6.07) is 5.28. The van der Waals surface area contributed by atoms with Gasteiger partial charge in [-0.05, 0) is 23.6 Å². The van der Waals surface area contributed by atoms with Crippen LogP contribution in [0.2, 0.25) is 0 Å². The highest BCUT2D eigenvalue weighted by Crippen LogP contribution is 2.35. The highest BCUT2D eigenvalue weighted by atomic mass is 16.7. The molecule has 0 radical (unpaired) electrons. The van der Waals surface area contributed by atoms with Gasteiger partial charge in [0.25, 0.3) is 0 Å². The maximum atomic E-state index is 10.7. The van der Waals surface area contributed by atoms with E-state index in [1.54, 1.807) is 18.2 Å². The number of carbonyl (C=O) groups is 1. The van der Waals surface area contributed by atoms with Crippen molar-refractivity contribution >= 4 is 5.97 Å². The van der Waals surface area contributed by atoms with Crippen LogP contribution in [0.25, 0.3) is 0 Å². The minimum absolute atomic E-state index is 0.116. The van der Waals surface area contributed by atoms with E-state index in [0.717, 1.165) is 5.57 Å². The fourth-order valence-corrected chi connectivity index (χ4v) is 1.67. The molecule has 0 fully saturated rings. The number of aliphatic carboxylic acids is 1. The molecule has 0 unspecified atom stereocenters. The third-order valence-corrected chi connectivity index (χ3v) is 2.80. The predicted octanol–water partition coefficient (Wildman–Crippen LogP) is 2.46. The van der Waals surface area contributed by atoms with Gasteiger partial charge in [-0.15, -0.1) is 0 Å². The van der Waals surface area contributed by atoms with Crippen LogP contribution in [0.3, 0.4) is 0 Å². The number of carboxylic acids is 1. The minimum Gasteiger partial charge on any atom is -0.489 e. The SMILES string of the molecule is CC(C)/C(=C\C(=O)O)COc1ccc2c(c1)OCO2. The normalized spacial score (nSPS) is 13.7. The first-order valence-electron chi connectivity index (χ1n) is 6.02. The maximum absolute atomic E-state index is 10.7. The lowest BCUT2D eigenvalue weighted by Gasteiger charge is -2.12. The monoisotopic (exact) mass is 264 g/mol. The summed E-state index contributed by atoms with van der Waals surface area (Å²) in [6.45, 7) is 4.31. The molecule has 1 aromatic carbocycles. The van der Waals surface area contributed by atoms with Crippen molar-refractivity contribution in [2.45, 2.75) is 13.8 Å². The number of rotatable bonds is 5. The average molecular weight is 264 g/mol. The van der Waals surface area contributed by atoms with Crippen molar-refractivity contribution in [2.24, 2.45) is 5.92 Å². The fraction of sp³-hybridized carbons (Fsp3) is 0.357. The molecule has 0 aromatic heterocycles. The molecule has 1 heterocycles. The zero-order valence-corrected chi connectivity index (χ0v) is 10.9. The first-order chi connectivity index (χ1) is 9.06. The fourth-order valence-electron chi connectivity index (χ4n) is 1.67. The van der Waals surface area contributed by atoms with Gasteiger partial charge in [0.1, 0.15) is 12.4 Å². The summed E-state index contributed by atoms with van der Waals surface area (Å²) in [6.07, 6.45) is 1.19. The molecule has 2 rings (SSSR count). The highest BCUT2D eigenvalue weighted by molar-refractivity contribution is 5.80. The average Bonchev–Trinajstić information content (AvgIpc) is 2.80. The van der Waals surface area contributed by atoms with E-state index in [1.165, 1.54) is 6.08 Å². The van der Waals surface area contributed by atoms with Crippen molar-refractivity contribution in [1.29, 1.82) is 0 Å². The van der Waals surface area contributed by atoms with E-state index in [4.69, 9.17) is 19.3 Å². The zero-order chi connectivity index (χ0) is 13.8. The lowest BCUT2D eigenvalue weighted by atomic mass is 10.0. The summed E-state index contributed by atoms with van der Waals surface area (Å²) < 4.78 is 16.0. The summed E-state index contributed by atoms with van der Waals surface area (Å²) in [5.41, 5.74) is 0.727. The van der Waals surface area contributed by atoms with Gasteiger partial charge in [0, 0.05) is 12.1 Å². The second-order valence-electron chi connectivity index (χ2n) is 4.52. The van der Waals surface area contributed by atoms with Crippen LogP contribution in [0, 0.1) is 5.92 Å². The van der Waals surface area contributed by atoms with Crippen molar-refractivity contribution in [3.63, 3.8) is 0 Å². The molecular weight excluding hydrogens is 248 g/mol. The standard InChI is InChI=1S/C14H16O5/c1-9(2)10(5-14(15)16)7-17-11-3-4-12-13(6-11)19-8-18-12/h3-6,9H,7-8H2,1-2H3,(H,15,16)/b10-5-. The summed E-state index contributed by atoms with van der Waals surface area (Å²) >= 11 is 0. The van der Waals surface area contributed by atoms with Gasteiger partial charge in [0.05, 0.1) is 0 Å². The van der Waals surface area contributed by atoms with Gasteiger partial charge < -0.3 is 19.3 Å². The van der Waals surface area contributed by atoms with E-state index in [-0.39, 0.29) is 19.3 Å². The molecule has 0 spiro atoms. The summed E-state index contributed by atoms with van der Waals surface area (Å²) in [4.78, 5) is 10.7. The molecule has 0 amide bonds. The van der Waals surface area contributed by atoms with E-state index < -0.39 is 5.97 Å². The van der Waals surface area contributed by atoms with Crippen LogP contribution in [0.15, 0.2) is 29.8 Å². The Balaban J connectivity index is 2.03. The van der Waals surface area contributed by atoms with Crippen molar-refractivity contribution in [3.05, 3.63) is 29.8 Å². The predicted molar refractivity (Wildman–Crippen MR) is 68.6 cm³/mol. The number of ether oxygens (including phenoxy) is 3. The van der Waals surface area contributed by atoms with Gasteiger partial charge in [0.15, 0.2) is 11.5 Å². The van der Waals surface area contributed by atoms with Crippen molar-refractivity contribution < 1.29 is 24.1 Å². The lowest BCUT2D eigenvalue weighted by Crippen LogP contribution is -2.09. The molecule has 19 heavy (non-hydrogen) atoms. The Kier molecular flexibility index (Phi) is 3.94.